The van der Waals surface area contributed by atoms with Crippen LogP contribution in [0.1, 0.15) is 6.42 Å². The van der Waals surface area contributed by atoms with Gasteiger partial charge in [-0.2, -0.15) is 11.8 Å². The van der Waals surface area contributed by atoms with Gasteiger partial charge < -0.3 is 10.2 Å². The Hall–Kier alpha value is -0.220. The summed E-state index contributed by atoms with van der Waals surface area (Å²) in [4.78, 5) is 12.7. The highest BCUT2D eigenvalue weighted by atomic mass is 32.2. The lowest BCUT2D eigenvalue weighted by Gasteiger charge is -2.26. The molecule has 12 heavy (non-hydrogen) atoms. The fourth-order valence-electron chi connectivity index (χ4n) is 0.960. The van der Waals surface area contributed by atoms with Crippen LogP contribution in [-0.2, 0) is 4.79 Å². The molecular weight excluding hydrogens is 172 g/mol. The predicted molar refractivity (Wildman–Crippen MR) is 52.4 cm³/mol. The van der Waals surface area contributed by atoms with E-state index in [2.05, 4.69) is 5.32 Å². The third-order valence-corrected chi connectivity index (χ3v) is 3.18. The maximum absolute atomic E-state index is 11.1. The number of nitrogens with zero attached hydrogens (tertiary/aromatic N) is 1. The molecule has 1 N–H and O–H groups in total. The largest absolute Gasteiger partial charge is 0.349 e. The van der Waals surface area contributed by atoms with Gasteiger partial charge in [0.25, 0.3) is 0 Å². The molecule has 0 spiro atoms. The SMILES string of the molecule is CN(C)C(=O)CCNC1CSC1. The Balaban J connectivity index is 1.97. The standard InChI is InChI=1S/C8H16N2OS/c1-10(2)8(11)3-4-9-7-5-12-6-7/h7,9H,3-6H2,1-2H3. The van der Waals surface area contributed by atoms with Crippen molar-refractivity contribution in [1.29, 1.82) is 0 Å². The first-order valence-electron chi connectivity index (χ1n) is 4.21. The van der Waals surface area contributed by atoms with Crippen molar-refractivity contribution in [2.24, 2.45) is 0 Å². The molecule has 0 atom stereocenters. The van der Waals surface area contributed by atoms with E-state index in [0.29, 0.717) is 12.5 Å². The Kier molecular flexibility index (Phi) is 3.88. The summed E-state index contributed by atoms with van der Waals surface area (Å²) in [5.41, 5.74) is 0. The minimum absolute atomic E-state index is 0.203. The van der Waals surface area contributed by atoms with Crippen LogP contribution in [0.5, 0.6) is 0 Å². The van der Waals surface area contributed by atoms with Gasteiger partial charge in [0.05, 0.1) is 0 Å². The summed E-state index contributed by atoms with van der Waals surface area (Å²) in [6, 6.07) is 0.657. The number of hydrogen-bond donors (Lipinski definition) is 1. The van der Waals surface area contributed by atoms with Crippen LogP contribution in [0.4, 0.5) is 0 Å². The van der Waals surface area contributed by atoms with Gasteiger partial charge in [0.2, 0.25) is 5.91 Å². The maximum Gasteiger partial charge on any atom is 0.223 e. The van der Waals surface area contributed by atoms with Crippen LogP contribution in [0.2, 0.25) is 0 Å². The second-order valence-electron chi connectivity index (χ2n) is 3.23. The second kappa shape index (κ2) is 4.72. The lowest BCUT2D eigenvalue weighted by atomic mass is 10.3. The minimum atomic E-state index is 0.203. The van der Waals surface area contributed by atoms with E-state index < -0.39 is 0 Å². The number of rotatable bonds is 4. The van der Waals surface area contributed by atoms with E-state index in [9.17, 15) is 4.79 Å². The summed E-state index contributed by atoms with van der Waals surface area (Å²) in [5, 5.41) is 3.34. The zero-order chi connectivity index (χ0) is 8.97. The molecular formula is C8H16N2OS. The minimum Gasteiger partial charge on any atom is -0.349 e. The zero-order valence-corrected chi connectivity index (χ0v) is 8.49. The molecule has 1 amide bonds. The molecule has 0 radical (unpaired) electrons. The van der Waals surface area contributed by atoms with Crippen LogP contribution >= 0.6 is 11.8 Å². The highest BCUT2D eigenvalue weighted by molar-refractivity contribution is 8.00. The number of nitrogens with one attached hydrogen (secondary N) is 1. The first-order chi connectivity index (χ1) is 5.70. The third-order valence-electron chi connectivity index (χ3n) is 1.91. The van der Waals surface area contributed by atoms with E-state index in [-0.39, 0.29) is 5.91 Å². The van der Waals surface area contributed by atoms with E-state index in [1.807, 2.05) is 11.8 Å². The number of carbonyl (C=O) groups is 1. The fraction of sp³-hybridized carbons (Fsp3) is 0.875. The normalized spacial score (nSPS) is 17.2. The van der Waals surface area contributed by atoms with Crippen molar-refractivity contribution in [1.82, 2.24) is 10.2 Å². The van der Waals surface area contributed by atoms with Crippen LogP contribution < -0.4 is 5.32 Å². The number of amides is 1. The van der Waals surface area contributed by atoms with Gasteiger partial charge in [-0.25, -0.2) is 0 Å². The molecule has 0 aromatic heterocycles. The number of hydrogen-bond acceptors (Lipinski definition) is 3. The molecule has 70 valence electrons. The number of thioether (sulfide) groups is 1. The van der Waals surface area contributed by atoms with E-state index in [0.717, 1.165) is 6.54 Å². The summed E-state index contributed by atoms with van der Waals surface area (Å²) in [6.45, 7) is 0.822. The number of carbonyl (C=O) groups excluding carboxylic acids is 1. The summed E-state index contributed by atoms with van der Waals surface area (Å²) in [7, 11) is 3.59. The molecule has 1 saturated heterocycles. The van der Waals surface area contributed by atoms with Crippen molar-refractivity contribution in [3.63, 3.8) is 0 Å². The summed E-state index contributed by atoms with van der Waals surface area (Å²) in [6.07, 6.45) is 0.619. The smallest absolute Gasteiger partial charge is 0.223 e. The molecule has 1 rings (SSSR count). The lowest BCUT2D eigenvalue weighted by Crippen LogP contribution is -2.41. The molecule has 1 heterocycles. The van der Waals surface area contributed by atoms with Gasteiger partial charge >= 0.3 is 0 Å². The Morgan fingerprint density at radius 2 is 2.25 bits per heavy atom. The molecule has 0 bridgehead atoms. The van der Waals surface area contributed by atoms with Gasteiger partial charge in [-0.1, -0.05) is 0 Å². The first-order valence-corrected chi connectivity index (χ1v) is 5.37. The van der Waals surface area contributed by atoms with Gasteiger partial charge in [0, 0.05) is 44.6 Å². The van der Waals surface area contributed by atoms with Gasteiger partial charge in [0.1, 0.15) is 0 Å². The van der Waals surface area contributed by atoms with Crippen molar-refractivity contribution in [2.75, 3.05) is 32.1 Å². The van der Waals surface area contributed by atoms with Crippen LogP contribution in [0.3, 0.4) is 0 Å². The van der Waals surface area contributed by atoms with Crippen LogP contribution in [-0.4, -0.2) is 49.0 Å². The van der Waals surface area contributed by atoms with Gasteiger partial charge in [-0.3, -0.25) is 4.79 Å². The van der Waals surface area contributed by atoms with Crippen molar-refractivity contribution in [3.8, 4) is 0 Å². The quantitative estimate of drug-likeness (QED) is 0.682. The first kappa shape index (κ1) is 9.86. The highest BCUT2D eigenvalue weighted by Gasteiger charge is 2.17. The average Bonchev–Trinajstić information content (AvgIpc) is 1.93. The molecule has 0 aromatic carbocycles. The summed E-state index contributed by atoms with van der Waals surface area (Å²) < 4.78 is 0. The van der Waals surface area contributed by atoms with E-state index >= 15 is 0 Å². The predicted octanol–water partition coefficient (Wildman–Crippen LogP) is 0.170. The average molecular weight is 188 g/mol. The van der Waals surface area contributed by atoms with E-state index in [1.165, 1.54) is 11.5 Å². The zero-order valence-electron chi connectivity index (χ0n) is 7.67. The van der Waals surface area contributed by atoms with Gasteiger partial charge in [-0.15, -0.1) is 0 Å². The molecule has 0 aromatic rings. The molecule has 1 aliphatic heterocycles. The van der Waals surface area contributed by atoms with Crippen molar-refractivity contribution in [2.45, 2.75) is 12.5 Å². The monoisotopic (exact) mass is 188 g/mol. The molecule has 0 unspecified atom stereocenters. The van der Waals surface area contributed by atoms with E-state index in [1.54, 1.807) is 19.0 Å². The summed E-state index contributed by atoms with van der Waals surface area (Å²) >= 11 is 1.95. The van der Waals surface area contributed by atoms with Crippen LogP contribution in [0, 0.1) is 0 Å². The molecule has 0 saturated carbocycles. The second-order valence-corrected chi connectivity index (χ2v) is 4.30. The van der Waals surface area contributed by atoms with Crippen LogP contribution in [0.25, 0.3) is 0 Å². The summed E-state index contributed by atoms with van der Waals surface area (Å²) in [5.74, 6) is 2.61. The Morgan fingerprint density at radius 1 is 1.58 bits per heavy atom. The molecule has 1 fully saturated rings. The van der Waals surface area contributed by atoms with Gasteiger partial charge in [0.15, 0.2) is 0 Å². The van der Waals surface area contributed by atoms with Crippen molar-refractivity contribution >= 4 is 17.7 Å². The Morgan fingerprint density at radius 3 is 2.67 bits per heavy atom. The molecule has 4 heteroatoms. The van der Waals surface area contributed by atoms with Crippen LogP contribution in [0.15, 0.2) is 0 Å². The Bertz CT molecular complexity index is 157. The lowest BCUT2D eigenvalue weighted by molar-refractivity contribution is -0.128. The maximum atomic E-state index is 11.1. The van der Waals surface area contributed by atoms with Crippen molar-refractivity contribution in [3.05, 3.63) is 0 Å². The molecule has 0 aliphatic carbocycles. The fourth-order valence-corrected chi connectivity index (χ4v) is 1.67. The molecule has 1 aliphatic rings. The van der Waals surface area contributed by atoms with Gasteiger partial charge in [-0.05, 0) is 0 Å². The third kappa shape index (κ3) is 3.03. The topological polar surface area (TPSA) is 32.3 Å². The molecule has 3 nitrogen and oxygen atoms in total. The highest BCUT2D eigenvalue weighted by Crippen LogP contribution is 2.16. The van der Waals surface area contributed by atoms with Crippen molar-refractivity contribution < 1.29 is 4.79 Å². The van der Waals surface area contributed by atoms with E-state index in [4.69, 9.17) is 0 Å². The Labute approximate surface area is 77.9 Å².